The molecule has 0 atom stereocenters. The van der Waals surface area contributed by atoms with Gasteiger partial charge in [0.25, 0.3) is 0 Å². The number of guanidine groups is 1. The smallest absolute Gasteiger partial charge is 0.213 e. The summed E-state index contributed by atoms with van der Waals surface area (Å²) in [5, 5.41) is 7.00. The molecule has 3 rings (SSSR count). The number of likely N-dealkylation sites (tertiary alicyclic amines) is 1. The van der Waals surface area contributed by atoms with Gasteiger partial charge in [0, 0.05) is 51.0 Å². The number of nitrogens with one attached hydrogen (secondary N) is 2. The molecule has 0 amide bonds. The summed E-state index contributed by atoms with van der Waals surface area (Å²) in [6.07, 6.45) is 10.9. The van der Waals surface area contributed by atoms with Gasteiger partial charge in [-0.05, 0) is 37.7 Å². The molecule has 1 aromatic rings. The molecule has 1 saturated heterocycles. The number of pyridine rings is 1. The minimum Gasteiger partial charge on any atom is -0.478 e. The molecule has 2 N–H and O–H groups in total. The second kappa shape index (κ2) is 10.5. The second-order valence-electron chi connectivity index (χ2n) is 7.67. The van der Waals surface area contributed by atoms with Crippen LogP contribution >= 0.6 is 0 Å². The predicted octanol–water partition coefficient (Wildman–Crippen LogP) is 2.94. The summed E-state index contributed by atoms with van der Waals surface area (Å²) < 4.78 is 5.53. The number of rotatable bonds is 7. The van der Waals surface area contributed by atoms with Gasteiger partial charge in [-0.25, -0.2) is 4.98 Å². The topological polar surface area (TPSA) is 61.8 Å². The van der Waals surface area contributed by atoms with E-state index in [0.29, 0.717) is 25.1 Å². The van der Waals surface area contributed by atoms with Crippen molar-refractivity contribution >= 4 is 5.96 Å². The lowest BCUT2D eigenvalue weighted by molar-refractivity contribution is 0.150. The molecule has 0 radical (unpaired) electrons. The standard InChI is InChI=1S/C21H35N5O/c1-3-14-27-20-9-8-17(15-23-20)16-24-21(22-2)25-18-10-12-26(13-11-18)19-6-4-5-7-19/h8-9,15,18-19H,3-7,10-14,16H2,1-2H3,(H2,22,24,25). The van der Waals surface area contributed by atoms with Crippen LogP contribution in [0.1, 0.15) is 57.4 Å². The van der Waals surface area contributed by atoms with E-state index in [1.165, 1.54) is 51.6 Å². The average molecular weight is 374 g/mol. The summed E-state index contributed by atoms with van der Waals surface area (Å²) in [6.45, 7) is 5.93. The largest absolute Gasteiger partial charge is 0.478 e. The maximum Gasteiger partial charge on any atom is 0.213 e. The van der Waals surface area contributed by atoms with Crippen LogP contribution in [-0.4, -0.2) is 54.7 Å². The van der Waals surface area contributed by atoms with E-state index < -0.39 is 0 Å². The Balaban J connectivity index is 1.39. The van der Waals surface area contributed by atoms with E-state index >= 15 is 0 Å². The van der Waals surface area contributed by atoms with E-state index in [1.54, 1.807) is 0 Å². The van der Waals surface area contributed by atoms with Crippen molar-refractivity contribution in [3.8, 4) is 5.88 Å². The molecule has 0 spiro atoms. The zero-order valence-corrected chi connectivity index (χ0v) is 16.9. The van der Waals surface area contributed by atoms with Crippen LogP contribution in [0.5, 0.6) is 5.88 Å². The third-order valence-electron chi connectivity index (χ3n) is 5.65. The summed E-state index contributed by atoms with van der Waals surface area (Å²) >= 11 is 0. The van der Waals surface area contributed by atoms with E-state index in [4.69, 9.17) is 4.74 Å². The van der Waals surface area contributed by atoms with Gasteiger partial charge < -0.3 is 20.3 Å². The molecule has 1 aliphatic heterocycles. The molecule has 2 aliphatic rings. The van der Waals surface area contributed by atoms with Crippen LogP contribution in [0, 0.1) is 0 Å². The Kier molecular flexibility index (Phi) is 7.75. The second-order valence-corrected chi connectivity index (χ2v) is 7.67. The third-order valence-corrected chi connectivity index (χ3v) is 5.65. The Morgan fingerprint density at radius 1 is 1.22 bits per heavy atom. The normalized spacial score (nSPS) is 20.0. The molecule has 1 aliphatic carbocycles. The van der Waals surface area contributed by atoms with Crippen LogP contribution in [-0.2, 0) is 6.54 Å². The first-order valence-electron chi connectivity index (χ1n) is 10.6. The molecular formula is C21H35N5O. The van der Waals surface area contributed by atoms with Gasteiger partial charge in [-0.3, -0.25) is 4.99 Å². The summed E-state index contributed by atoms with van der Waals surface area (Å²) in [4.78, 5) is 11.4. The van der Waals surface area contributed by atoms with Crippen molar-refractivity contribution in [2.24, 2.45) is 4.99 Å². The summed E-state index contributed by atoms with van der Waals surface area (Å²) in [6, 6.07) is 5.34. The Morgan fingerprint density at radius 2 is 2.00 bits per heavy atom. The first kappa shape index (κ1) is 19.9. The van der Waals surface area contributed by atoms with E-state index in [1.807, 2.05) is 19.3 Å². The molecule has 1 saturated carbocycles. The van der Waals surface area contributed by atoms with Crippen LogP contribution in [0.3, 0.4) is 0 Å². The van der Waals surface area contributed by atoms with Gasteiger partial charge >= 0.3 is 0 Å². The van der Waals surface area contributed by atoms with E-state index in [0.717, 1.165) is 24.0 Å². The fourth-order valence-electron chi connectivity index (χ4n) is 4.06. The first-order chi connectivity index (χ1) is 13.3. The minimum absolute atomic E-state index is 0.511. The number of nitrogens with zero attached hydrogens (tertiary/aromatic N) is 3. The molecule has 6 heteroatoms. The lowest BCUT2D eigenvalue weighted by atomic mass is 10.0. The molecule has 150 valence electrons. The Labute approximate surface area is 163 Å². The highest BCUT2D eigenvalue weighted by Gasteiger charge is 2.27. The molecule has 0 bridgehead atoms. The van der Waals surface area contributed by atoms with E-state index in [9.17, 15) is 0 Å². The molecule has 6 nitrogen and oxygen atoms in total. The van der Waals surface area contributed by atoms with Gasteiger partial charge in [-0.1, -0.05) is 25.8 Å². The Bertz CT molecular complexity index is 575. The third kappa shape index (κ3) is 6.09. The van der Waals surface area contributed by atoms with Crippen molar-refractivity contribution < 1.29 is 4.74 Å². The Hall–Kier alpha value is -1.82. The number of aliphatic imine (C=N–C) groups is 1. The SMILES string of the molecule is CCCOc1ccc(CNC(=NC)NC2CCN(C3CCCC3)CC2)cn1. The predicted molar refractivity (Wildman–Crippen MR) is 110 cm³/mol. The fraction of sp³-hybridized carbons (Fsp3) is 0.714. The van der Waals surface area contributed by atoms with Gasteiger partial charge in [-0.2, -0.15) is 0 Å². The molecule has 2 heterocycles. The van der Waals surface area contributed by atoms with Gasteiger partial charge in [0.2, 0.25) is 5.88 Å². The Morgan fingerprint density at radius 3 is 2.63 bits per heavy atom. The van der Waals surface area contributed by atoms with E-state index in [-0.39, 0.29) is 0 Å². The van der Waals surface area contributed by atoms with Gasteiger partial charge in [0.15, 0.2) is 5.96 Å². The monoisotopic (exact) mass is 373 g/mol. The maximum atomic E-state index is 5.53. The van der Waals surface area contributed by atoms with Crippen molar-refractivity contribution in [1.82, 2.24) is 20.5 Å². The highest BCUT2D eigenvalue weighted by molar-refractivity contribution is 5.79. The van der Waals surface area contributed by atoms with Crippen molar-refractivity contribution in [1.29, 1.82) is 0 Å². The molecule has 0 aromatic carbocycles. The molecule has 1 aromatic heterocycles. The van der Waals surface area contributed by atoms with Crippen molar-refractivity contribution in [3.05, 3.63) is 23.9 Å². The van der Waals surface area contributed by atoms with Crippen LogP contribution in [0.2, 0.25) is 0 Å². The average Bonchev–Trinajstić information content (AvgIpc) is 3.25. The molecule has 27 heavy (non-hydrogen) atoms. The van der Waals surface area contributed by atoms with Crippen molar-refractivity contribution in [2.45, 2.75) is 70.5 Å². The van der Waals surface area contributed by atoms with Crippen LogP contribution < -0.4 is 15.4 Å². The van der Waals surface area contributed by atoms with Crippen LogP contribution in [0.25, 0.3) is 0 Å². The van der Waals surface area contributed by atoms with Crippen LogP contribution in [0.15, 0.2) is 23.3 Å². The zero-order valence-electron chi connectivity index (χ0n) is 16.9. The molecular weight excluding hydrogens is 338 g/mol. The number of hydrogen-bond donors (Lipinski definition) is 2. The lowest BCUT2D eigenvalue weighted by Gasteiger charge is -2.36. The number of hydrogen-bond acceptors (Lipinski definition) is 4. The first-order valence-corrected chi connectivity index (χ1v) is 10.6. The van der Waals surface area contributed by atoms with Crippen molar-refractivity contribution in [3.63, 3.8) is 0 Å². The fourth-order valence-corrected chi connectivity index (χ4v) is 4.06. The lowest BCUT2D eigenvalue weighted by Crippen LogP contribution is -2.50. The number of piperidine rings is 1. The van der Waals surface area contributed by atoms with Crippen molar-refractivity contribution in [2.75, 3.05) is 26.7 Å². The number of ether oxygens (including phenoxy) is 1. The highest BCUT2D eigenvalue weighted by Crippen LogP contribution is 2.26. The minimum atomic E-state index is 0.511. The summed E-state index contributed by atoms with van der Waals surface area (Å²) in [7, 11) is 1.84. The zero-order chi connectivity index (χ0) is 18.9. The summed E-state index contributed by atoms with van der Waals surface area (Å²) in [5.41, 5.74) is 1.12. The van der Waals surface area contributed by atoms with Crippen LogP contribution in [0.4, 0.5) is 0 Å². The number of aromatic nitrogens is 1. The van der Waals surface area contributed by atoms with Gasteiger partial charge in [-0.15, -0.1) is 0 Å². The summed E-state index contributed by atoms with van der Waals surface area (Å²) in [5.74, 6) is 1.57. The quantitative estimate of drug-likeness (QED) is 0.568. The molecule has 2 fully saturated rings. The highest BCUT2D eigenvalue weighted by atomic mass is 16.5. The van der Waals surface area contributed by atoms with Gasteiger partial charge in [0.1, 0.15) is 0 Å². The van der Waals surface area contributed by atoms with E-state index in [2.05, 4.69) is 38.5 Å². The van der Waals surface area contributed by atoms with Gasteiger partial charge in [0.05, 0.1) is 6.61 Å². The maximum absolute atomic E-state index is 5.53. The molecule has 0 unspecified atom stereocenters.